The van der Waals surface area contributed by atoms with Crippen LogP contribution in [0, 0.1) is 5.92 Å². The number of ether oxygens (including phenoxy) is 2. The summed E-state index contributed by atoms with van der Waals surface area (Å²) < 4.78 is 12.0. The highest BCUT2D eigenvalue weighted by molar-refractivity contribution is 5.33. The summed E-state index contributed by atoms with van der Waals surface area (Å²) in [6.45, 7) is 3.61. The van der Waals surface area contributed by atoms with E-state index in [1.807, 2.05) is 0 Å². The summed E-state index contributed by atoms with van der Waals surface area (Å²) >= 11 is 0. The average Bonchev–Trinajstić information content (AvgIpc) is 3.33. The molecule has 2 N–H and O–H groups in total. The summed E-state index contributed by atoms with van der Waals surface area (Å²) in [5.41, 5.74) is 1.30. The van der Waals surface area contributed by atoms with Crippen molar-refractivity contribution in [1.82, 2.24) is 10.6 Å². The number of nitrogens with one attached hydrogen (secondary N) is 2. The van der Waals surface area contributed by atoms with Crippen molar-refractivity contribution >= 4 is 0 Å². The zero-order valence-corrected chi connectivity index (χ0v) is 15.2. The van der Waals surface area contributed by atoms with Crippen LogP contribution in [0.4, 0.5) is 0 Å². The molecule has 1 heterocycles. The van der Waals surface area contributed by atoms with Crippen molar-refractivity contribution in [2.45, 2.75) is 69.7 Å². The van der Waals surface area contributed by atoms with Crippen LogP contribution >= 0.6 is 0 Å². The Morgan fingerprint density at radius 3 is 2.80 bits per heavy atom. The van der Waals surface area contributed by atoms with Crippen molar-refractivity contribution in [1.29, 1.82) is 0 Å². The third kappa shape index (κ3) is 4.36. The lowest BCUT2D eigenvalue weighted by Crippen LogP contribution is -2.50. The van der Waals surface area contributed by atoms with Gasteiger partial charge in [-0.2, -0.15) is 0 Å². The van der Waals surface area contributed by atoms with Gasteiger partial charge in [0.25, 0.3) is 0 Å². The van der Waals surface area contributed by atoms with Crippen LogP contribution in [0.15, 0.2) is 24.3 Å². The van der Waals surface area contributed by atoms with Gasteiger partial charge in [0, 0.05) is 30.7 Å². The van der Waals surface area contributed by atoms with Gasteiger partial charge in [0.15, 0.2) is 0 Å². The lowest BCUT2D eigenvalue weighted by atomic mass is 9.94. The SMILES string of the molecule is c1ccc(OC2CCCC2)c(CNC2CCCC2C2COCCN2)c1. The van der Waals surface area contributed by atoms with Crippen LogP contribution in [0.25, 0.3) is 0 Å². The van der Waals surface area contributed by atoms with Gasteiger partial charge in [0.2, 0.25) is 0 Å². The Kier molecular flexibility index (Phi) is 5.90. The zero-order chi connectivity index (χ0) is 16.9. The maximum absolute atomic E-state index is 6.29. The summed E-state index contributed by atoms with van der Waals surface area (Å²) in [7, 11) is 0. The van der Waals surface area contributed by atoms with E-state index in [1.165, 1.54) is 50.5 Å². The summed E-state index contributed by atoms with van der Waals surface area (Å²) in [6.07, 6.45) is 9.36. The summed E-state index contributed by atoms with van der Waals surface area (Å²) in [4.78, 5) is 0. The monoisotopic (exact) mass is 344 g/mol. The molecule has 0 aromatic heterocycles. The number of morpholine rings is 1. The Labute approximate surface area is 151 Å². The molecule has 3 aliphatic rings. The molecule has 2 aliphatic carbocycles. The molecule has 138 valence electrons. The molecular weight excluding hydrogens is 312 g/mol. The van der Waals surface area contributed by atoms with Crippen LogP contribution in [0.3, 0.4) is 0 Å². The van der Waals surface area contributed by atoms with E-state index >= 15 is 0 Å². The molecule has 3 unspecified atom stereocenters. The maximum atomic E-state index is 6.29. The molecule has 1 aromatic rings. The van der Waals surface area contributed by atoms with Gasteiger partial charge >= 0.3 is 0 Å². The van der Waals surface area contributed by atoms with E-state index < -0.39 is 0 Å². The van der Waals surface area contributed by atoms with Gasteiger partial charge in [-0.05, 0) is 50.5 Å². The van der Waals surface area contributed by atoms with Crippen LogP contribution < -0.4 is 15.4 Å². The number of benzene rings is 1. The largest absolute Gasteiger partial charge is 0.490 e. The van der Waals surface area contributed by atoms with Gasteiger partial charge in [-0.3, -0.25) is 0 Å². The van der Waals surface area contributed by atoms with Crippen LogP contribution in [-0.2, 0) is 11.3 Å². The highest BCUT2D eigenvalue weighted by Gasteiger charge is 2.34. The van der Waals surface area contributed by atoms with E-state index in [9.17, 15) is 0 Å². The first-order valence-electron chi connectivity index (χ1n) is 10.2. The molecule has 3 atom stereocenters. The van der Waals surface area contributed by atoms with Crippen molar-refractivity contribution < 1.29 is 9.47 Å². The van der Waals surface area contributed by atoms with Crippen molar-refractivity contribution in [3.63, 3.8) is 0 Å². The van der Waals surface area contributed by atoms with E-state index in [2.05, 4.69) is 34.9 Å². The molecule has 2 saturated carbocycles. The fourth-order valence-corrected chi connectivity index (χ4v) is 4.78. The second-order valence-corrected chi connectivity index (χ2v) is 7.85. The minimum atomic E-state index is 0.420. The Morgan fingerprint density at radius 2 is 1.96 bits per heavy atom. The van der Waals surface area contributed by atoms with E-state index in [4.69, 9.17) is 9.47 Å². The van der Waals surface area contributed by atoms with Gasteiger partial charge in [-0.1, -0.05) is 24.6 Å². The predicted molar refractivity (Wildman–Crippen MR) is 99.9 cm³/mol. The van der Waals surface area contributed by atoms with E-state index in [0.717, 1.165) is 32.1 Å². The molecule has 3 fully saturated rings. The predicted octanol–water partition coefficient (Wildman–Crippen LogP) is 3.25. The number of rotatable bonds is 6. The van der Waals surface area contributed by atoms with Crippen molar-refractivity contribution in [2.75, 3.05) is 19.8 Å². The van der Waals surface area contributed by atoms with E-state index in [1.54, 1.807) is 0 Å². The summed E-state index contributed by atoms with van der Waals surface area (Å²) in [6, 6.07) is 9.66. The average molecular weight is 344 g/mol. The third-order valence-electron chi connectivity index (χ3n) is 6.16. The second kappa shape index (κ2) is 8.52. The Balaban J connectivity index is 1.35. The second-order valence-electron chi connectivity index (χ2n) is 7.85. The number of hydrogen-bond acceptors (Lipinski definition) is 4. The molecule has 4 heteroatoms. The molecule has 4 rings (SSSR count). The number of hydrogen-bond donors (Lipinski definition) is 2. The van der Waals surface area contributed by atoms with Crippen molar-refractivity contribution in [3.05, 3.63) is 29.8 Å². The van der Waals surface area contributed by atoms with Crippen LogP contribution in [0.2, 0.25) is 0 Å². The van der Waals surface area contributed by atoms with Crippen LogP contribution in [-0.4, -0.2) is 37.9 Å². The van der Waals surface area contributed by atoms with Crippen LogP contribution in [0.1, 0.15) is 50.5 Å². The quantitative estimate of drug-likeness (QED) is 0.831. The summed E-state index contributed by atoms with van der Waals surface area (Å²) in [5.74, 6) is 1.76. The molecule has 1 saturated heterocycles. The fourth-order valence-electron chi connectivity index (χ4n) is 4.78. The molecule has 0 radical (unpaired) electrons. The molecule has 1 aliphatic heterocycles. The van der Waals surface area contributed by atoms with Gasteiger partial charge in [-0.15, -0.1) is 0 Å². The zero-order valence-electron chi connectivity index (χ0n) is 15.2. The first-order valence-corrected chi connectivity index (χ1v) is 10.2. The Hall–Kier alpha value is -1.10. The van der Waals surface area contributed by atoms with Gasteiger partial charge < -0.3 is 20.1 Å². The molecule has 4 nitrogen and oxygen atoms in total. The van der Waals surface area contributed by atoms with Crippen molar-refractivity contribution in [3.8, 4) is 5.75 Å². The molecule has 25 heavy (non-hydrogen) atoms. The molecular formula is C21H32N2O2. The Morgan fingerprint density at radius 1 is 1.08 bits per heavy atom. The topological polar surface area (TPSA) is 42.5 Å². The minimum absolute atomic E-state index is 0.420. The third-order valence-corrected chi connectivity index (χ3v) is 6.16. The van der Waals surface area contributed by atoms with Crippen molar-refractivity contribution in [2.24, 2.45) is 5.92 Å². The smallest absolute Gasteiger partial charge is 0.124 e. The number of para-hydroxylation sites is 1. The highest BCUT2D eigenvalue weighted by atomic mass is 16.5. The first-order chi connectivity index (χ1) is 12.4. The minimum Gasteiger partial charge on any atom is -0.490 e. The normalized spacial score (nSPS) is 30.6. The lowest BCUT2D eigenvalue weighted by molar-refractivity contribution is 0.0524. The standard InChI is InChI=1S/C21H32N2O2/c1-4-11-21(25-17-7-2-3-8-17)16(6-1)14-23-19-10-5-9-18(19)20-15-24-13-12-22-20/h1,4,6,11,17-20,22-23H,2-3,5,7-10,12-15H2. The Bertz CT molecular complexity index is 538. The lowest BCUT2D eigenvalue weighted by Gasteiger charge is -2.33. The van der Waals surface area contributed by atoms with Gasteiger partial charge in [-0.25, -0.2) is 0 Å². The molecule has 1 aromatic carbocycles. The van der Waals surface area contributed by atoms with Gasteiger partial charge in [0.1, 0.15) is 5.75 Å². The van der Waals surface area contributed by atoms with Crippen LogP contribution in [0.5, 0.6) is 5.75 Å². The van der Waals surface area contributed by atoms with Gasteiger partial charge in [0.05, 0.1) is 19.3 Å². The fraction of sp³-hybridized carbons (Fsp3) is 0.714. The molecule has 0 amide bonds. The summed E-state index contributed by atoms with van der Waals surface area (Å²) in [5, 5.41) is 7.49. The first kappa shape index (κ1) is 17.3. The van der Waals surface area contributed by atoms with E-state index in [-0.39, 0.29) is 0 Å². The maximum Gasteiger partial charge on any atom is 0.124 e. The molecule has 0 bridgehead atoms. The molecule has 0 spiro atoms. The van der Waals surface area contributed by atoms with E-state index in [0.29, 0.717) is 24.1 Å². The highest BCUT2D eigenvalue weighted by Crippen LogP contribution is 2.31.